The van der Waals surface area contributed by atoms with Crippen molar-refractivity contribution in [2.75, 3.05) is 19.0 Å². The molecule has 0 bridgehead atoms. The predicted molar refractivity (Wildman–Crippen MR) is 44.0 cm³/mol. The molecule has 78 valence electrons. The first-order chi connectivity index (χ1) is 6.44. The summed E-state index contributed by atoms with van der Waals surface area (Å²) in [5.74, 6) is -0.864. The molecule has 0 aliphatic carbocycles. The number of hydrogen-bond donors (Lipinski definition) is 0. The van der Waals surface area contributed by atoms with Crippen LogP contribution in [0.4, 0.5) is 0 Å². The molecule has 0 spiro atoms. The van der Waals surface area contributed by atoms with Gasteiger partial charge in [-0.3, -0.25) is 25.0 Å². The monoisotopic (exact) mass is 223 g/mol. The Kier molecular flexibility index (Phi) is 2.56. The van der Waals surface area contributed by atoms with E-state index in [2.05, 4.69) is 0 Å². The minimum atomic E-state index is -2.23. The van der Waals surface area contributed by atoms with Crippen LogP contribution >= 0.6 is 11.6 Å². The summed E-state index contributed by atoms with van der Waals surface area (Å²) in [7, 11) is 0. The SMILES string of the molecule is O=C(CCl)N1CC([N+](=O)[O-])([N+](=O)[O-])C1. The van der Waals surface area contributed by atoms with Gasteiger partial charge in [0.05, 0.1) is 0 Å². The van der Waals surface area contributed by atoms with Gasteiger partial charge in [0.1, 0.15) is 15.7 Å². The van der Waals surface area contributed by atoms with E-state index in [1.165, 1.54) is 0 Å². The van der Waals surface area contributed by atoms with Crippen molar-refractivity contribution < 1.29 is 14.6 Å². The molecule has 0 atom stereocenters. The van der Waals surface area contributed by atoms with E-state index in [-0.39, 0.29) is 5.88 Å². The van der Waals surface area contributed by atoms with Gasteiger partial charge in [-0.05, 0) is 0 Å². The number of carbonyl (C=O) groups is 1. The van der Waals surface area contributed by atoms with Crippen LogP contribution in [0.15, 0.2) is 0 Å². The molecule has 0 aromatic heterocycles. The van der Waals surface area contributed by atoms with E-state index >= 15 is 0 Å². The minimum absolute atomic E-state index is 0.328. The number of likely N-dealkylation sites (tertiary alicyclic amines) is 1. The van der Waals surface area contributed by atoms with Crippen LogP contribution in [0.1, 0.15) is 0 Å². The van der Waals surface area contributed by atoms with Crippen molar-refractivity contribution >= 4 is 17.5 Å². The maximum absolute atomic E-state index is 10.9. The van der Waals surface area contributed by atoms with Crippen molar-refractivity contribution in [3.63, 3.8) is 0 Å². The lowest BCUT2D eigenvalue weighted by Crippen LogP contribution is -2.71. The van der Waals surface area contributed by atoms with Crippen LogP contribution in [0.3, 0.4) is 0 Å². The number of hydrogen-bond acceptors (Lipinski definition) is 5. The van der Waals surface area contributed by atoms with E-state index in [4.69, 9.17) is 11.6 Å². The highest BCUT2D eigenvalue weighted by Gasteiger charge is 2.67. The van der Waals surface area contributed by atoms with Crippen molar-refractivity contribution in [1.82, 2.24) is 4.90 Å². The molecular formula is C5H6ClN3O5. The molecule has 9 heteroatoms. The van der Waals surface area contributed by atoms with E-state index in [0.29, 0.717) is 0 Å². The summed E-state index contributed by atoms with van der Waals surface area (Å²) in [5, 5.41) is 20.8. The molecule has 1 fully saturated rings. The van der Waals surface area contributed by atoms with Gasteiger partial charge >= 0.3 is 5.66 Å². The molecule has 1 saturated heterocycles. The summed E-state index contributed by atoms with van der Waals surface area (Å²) in [6, 6.07) is 0. The Bertz CT molecular complexity index is 284. The van der Waals surface area contributed by atoms with Crippen LogP contribution in [0, 0.1) is 20.2 Å². The highest BCUT2D eigenvalue weighted by Crippen LogP contribution is 2.25. The van der Waals surface area contributed by atoms with Gasteiger partial charge in [0.2, 0.25) is 5.91 Å². The standard InChI is InChI=1S/C5H6ClN3O5/c6-1-4(10)7-2-5(3-7,8(11)12)9(13)14/h1-3H2. The number of nitro groups is 2. The molecule has 1 heterocycles. The number of halogens is 1. The maximum atomic E-state index is 10.9. The van der Waals surface area contributed by atoms with Crippen molar-refractivity contribution in [1.29, 1.82) is 0 Å². The number of amides is 1. The average Bonchev–Trinajstić information content (AvgIpc) is 2.00. The Balaban J connectivity index is 2.70. The van der Waals surface area contributed by atoms with Crippen LogP contribution in [-0.4, -0.2) is 45.3 Å². The van der Waals surface area contributed by atoms with Crippen LogP contribution in [0.2, 0.25) is 0 Å². The fraction of sp³-hybridized carbons (Fsp3) is 0.800. The fourth-order valence-electron chi connectivity index (χ4n) is 1.12. The third-order valence-electron chi connectivity index (χ3n) is 2.03. The van der Waals surface area contributed by atoms with Gasteiger partial charge in [-0.15, -0.1) is 11.6 Å². The molecule has 8 nitrogen and oxygen atoms in total. The van der Waals surface area contributed by atoms with E-state index in [9.17, 15) is 25.0 Å². The normalized spacial score (nSPS) is 18.5. The predicted octanol–water partition coefficient (Wildman–Crippen LogP) is -0.683. The largest absolute Gasteiger partial charge is 0.492 e. The number of rotatable bonds is 3. The number of nitrogens with zero attached hydrogens (tertiary/aromatic N) is 3. The van der Waals surface area contributed by atoms with E-state index in [0.717, 1.165) is 4.90 Å². The Morgan fingerprint density at radius 2 is 1.79 bits per heavy atom. The Labute approximate surface area is 82.7 Å². The molecule has 14 heavy (non-hydrogen) atoms. The first-order valence-electron chi connectivity index (χ1n) is 3.57. The molecule has 1 amide bonds. The van der Waals surface area contributed by atoms with Gasteiger partial charge in [0.15, 0.2) is 13.1 Å². The van der Waals surface area contributed by atoms with Gasteiger partial charge in [0, 0.05) is 0 Å². The zero-order valence-electron chi connectivity index (χ0n) is 6.88. The second-order valence-corrected chi connectivity index (χ2v) is 3.15. The zero-order chi connectivity index (χ0) is 10.9. The molecule has 1 aliphatic rings. The van der Waals surface area contributed by atoms with Crippen LogP contribution in [0.5, 0.6) is 0 Å². The molecule has 0 saturated carbocycles. The second kappa shape index (κ2) is 3.37. The Hall–Kier alpha value is -1.44. The summed E-state index contributed by atoms with van der Waals surface area (Å²) in [6.07, 6.45) is 0. The lowest BCUT2D eigenvalue weighted by molar-refractivity contribution is -0.809. The van der Waals surface area contributed by atoms with Gasteiger partial charge in [0.25, 0.3) is 0 Å². The van der Waals surface area contributed by atoms with Gasteiger partial charge in [-0.25, -0.2) is 0 Å². The van der Waals surface area contributed by atoms with Crippen molar-refractivity contribution in [3.05, 3.63) is 20.2 Å². The van der Waals surface area contributed by atoms with Crippen molar-refractivity contribution in [2.24, 2.45) is 0 Å². The molecule has 0 aromatic carbocycles. The summed E-state index contributed by atoms with van der Waals surface area (Å²) in [4.78, 5) is 30.7. The lowest BCUT2D eigenvalue weighted by atomic mass is 10.0. The van der Waals surface area contributed by atoms with Crippen LogP contribution in [0.25, 0.3) is 0 Å². The van der Waals surface area contributed by atoms with Gasteiger partial charge < -0.3 is 4.90 Å². The smallest absolute Gasteiger partial charge is 0.313 e. The van der Waals surface area contributed by atoms with Gasteiger partial charge in [-0.2, -0.15) is 0 Å². The minimum Gasteiger partial charge on any atom is -0.313 e. The first kappa shape index (κ1) is 10.6. The topological polar surface area (TPSA) is 107 Å². The molecule has 1 aliphatic heterocycles. The highest BCUT2D eigenvalue weighted by atomic mass is 35.5. The Morgan fingerprint density at radius 3 is 2.07 bits per heavy atom. The molecule has 0 aromatic rings. The van der Waals surface area contributed by atoms with Crippen LogP contribution in [-0.2, 0) is 4.79 Å². The summed E-state index contributed by atoms with van der Waals surface area (Å²) in [6.45, 7) is -1.03. The molecule has 0 N–H and O–H groups in total. The summed E-state index contributed by atoms with van der Waals surface area (Å²) >= 11 is 5.18. The first-order valence-corrected chi connectivity index (χ1v) is 4.10. The quantitative estimate of drug-likeness (QED) is 0.273. The second-order valence-electron chi connectivity index (χ2n) is 2.88. The summed E-state index contributed by atoms with van der Waals surface area (Å²) in [5.41, 5.74) is -2.23. The van der Waals surface area contributed by atoms with E-state index in [1.807, 2.05) is 0 Å². The van der Waals surface area contributed by atoms with E-state index < -0.39 is 34.5 Å². The summed E-state index contributed by atoms with van der Waals surface area (Å²) < 4.78 is 0. The number of carbonyl (C=O) groups excluding carboxylic acids is 1. The fourth-order valence-corrected chi connectivity index (χ4v) is 1.29. The van der Waals surface area contributed by atoms with E-state index in [1.54, 1.807) is 0 Å². The molecule has 0 radical (unpaired) electrons. The van der Waals surface area contributed by atoms with Gasteiger partial charge in [-0.1, -0.05) is 0 Å². The molecule has 0 unspecified atom stereocenters. The third kappa shape index (κ3) is 1.37. The third-order valence-corrected chi connectivity index (χ3v) is 2.26. The average molecular weight is 224 g/mol. The highest BCUT2D eigenvalue weighted by molar-refractivity contribution is 6.27. The maximum Gasteiger partial charge on any atom is 0.492 e. The Morgan fingerprint density at radius 1 is 1.36 bits per heavy atom. The molecule has 1 rings (SSSR count). The van der Waals surface area contributed by atoms with Crippen LogP contribution < -0.4 is 0 Å². The van der Waals surface area contributed by atoms with Crippen molar-refractivity contribution in [3.8, 4) is 0 Å². The zero-order valence-corrected chi connectivity index (χ0v) is 7.64. The molecular weight excluding hydrogens is 218 g/mol. The number of alkyl halides is 1. The van der Waals surface area contributed by atoms with Crippen molar-refractivity contribution in [2.45, 2.75) is 5.66 Å². The lowest BCUT2D eigenvalue weighted by Gasteiger charge is -2.35.